The minimum atomic E-state index is -0.535. The largest absolute Gasteiger partial charge is 0.382 e. The second-order valence-electron chi connectivity index (χ2n) is 7.37. The summed E-state index contributed by atoms with van der Waals surface area (Å²) < 4.78 is 12.0. The first-order chi connectivity index (χ1) is 11.6. The van der Waals surface area contributed by atoms with Gasteiger partial charge < -0.3 is 14.4 Å². The van der Waals surface area contributed by atoms with E-state index >= 15 is 0 Å². The van der Waals surface area contributed by atoms with Crippen molar-refractivity contribution in [3.8, 4) is 0 Å². The molecule has 1 amide bonds. The second-order valence-corrected chi connectivity index (χ2v) is 7.37. The molecule has 4 heteroatoms. The molecule has 5 atom stereocenters. The highest BCUT2D eigenvalue weighted by atomic mass is 16.6. The Morgan fingerprint density at radius 1 is 1.25 bits per heavy atom. The van der Waals surface area contributed by atoms with Crippen LogP contribution in [0.3, 0.4) is 0 Å². The van der Waals surface area contributed by atoms with E-state index in [-0.39, 0.29) is 24.0 Å². The van der Waals surface area contributed by atoms with Crippen LogP contribution in [0.15, 0.2) is 42.5 Å². The molecule has 2 heterocycles. The van der Waals surface area contributed by atoms with Crippen molar-refractivity contribution in [3.05, 3.63) is 48.0 Å². The number of nitrogens with zero attached hydrogens (tertiary/aromatic N) is 1. The average Bonchev–Trinajstić information content (AvgIpc) is 2.89. The van der Waals surface area contributed by atoms with Crippen LogP contribution in [0.25, 0.3) is 0 Å². The molecule has 0 saturated carbocycles. The number of piperidine rings is 1. The van der Waals surface area contributed by atoms with Gasteiger partial charge in [-0.15, -0.1) is 0 Å². The Hall–Kier alpha value is -1.65. The Labute approximate surface area is 143 Å². The Kier molecular flexibility index (Phi) is 3.97. The zero-order chi connectivity index (χ0) is 16.7. The zero-order valence-electron chi connectivity index (χ0n) is 14.4. The number of fused-ring (bicyclic) bond motifs is 2. The summed E-state index contributed by atoms with van der Waals surface area (Å²) in [6.45, 7) is 2.57. The SMILES string of the molecule is COC[C@H]1[C@H](c2ccccc2)O[C@]2(C)C[C@@H]3CC=CC[C@@H]3C(=O)N12. The van der Waals surface area contributed by atoms with Crippen LogP contribution in [-0.4, -0.2) is 36.3 Å². The maximum Gasteiger partial charge on any atom is 0.228 e. The Morgan fingerprint density at radius 2 is 2.00 bits per heavy atom. The van der Waals surface area contributed by atoms with Gasteiger partial charge in [0.05, 0.1) is 12.6 Å². The highest BCUT2D eigenvalue weighted by Crippen LogP contribution is 2.51. The number of methoxy groups -OCH3 is 1. The van der Waals surface area contributed by atoms with Gasteiger partial charge in [-0.1, -0.05) is 42.5 Å². The van der Waals surface area contributed by atoms with Gasteiger partial charge in [0.2, 0.25) is 5.91 Å². The van der Waals surface area contributed by atoms with Crippen LogP contribution in [0.2, 0.25) is 0 Å². The van der Waals surface area contributed by atoms with Crippen molar-refractivity contribution in [2.24, 2.45) is 11.8 Å². The first-order valence-corrected chi connectivity index (χ1v) is 8.84. The number of carbonyl (C=O) groups excluding carboxylic acids is 1. The molecule has 1 aromatic carbocycles. The highest BCUT2D eigenvalue weighted by molar-refractivity contribution is 5.82. The fraction of sp³-hybridized carbons (Fsp3) is 0.550. The lowest BCUT2D eigenvalue weighted by Gasteiger charge is -2.47. The molecule has 0 unspecified atom stereocenters. The van der Waals surface area contributed by atoms with Gasteiger partial charge in [-0.3, -0.25) is 4.79 Å². The van der Waals surface area contributed by atoms with Gasteiger partial charge in [-0.05, 0) is 37.7 Å². The second kappa shape index (κ2) is 6.01. The Bertz CT molecular complexity index is 644. The van der Waals surface area contributed by atoms with Gasteiger partial charge in [-0.25, -0.2) is 0 Å². The molecule has 2 saturated heterocycles. The number of ether oxygens (including phenoxy) is 2. The molecule has 0 aromatic heterocycles. The van der Waals surface area contributed by atoms with Crippen LogP contribution in [0, 0.1) is 11.8 Å². The maximum absolute atomic E-state index is 13.3. The molecule has 0 spiro atoms. The smallest absolute Gasteiger partial charge is 0.228 e. The summed E-state index contributed by atoms with van der Waals surface area (Å²) in [4.78, 5) is 15.3. The van der Waals surface area contributed by atoms with E-state index in [0.29, 0.717) is 12.5 Å². The van der Waals surface area contributed by atoms with Crippen LogP contribution in [0.1, 0.15) is 37.9 Å². The molecule has 4 nitrogen and oxygen atoms in total. The fourth-order valence-corrected chi connectivity index (χ4v) is 4.77. The molecular weight excluding hydrogens is 302 g/mol. The van der Waals surface area contributed by atoms with E-state index in [9.17, 15) is 4.79 Å². The third kappa shape index (κ3) is 2.40. The lowest BCUT2D eigenvalue weighted by atomic mass is 9.74. The van der Waals surface area contributed by atoms with Crippen molar-refractivity contribution < 1.29 is 14.3 Å². The van der Waals surface area contributed by atoms with Crippen molar-refractivity contribution in [2.75, 3.05) is 13.7 Å². The lowest BCUT2D eigenvalue weighted by Crippen LogP contribution is -2.59. The van der Waals surface area contributed by atoms with Crippen molar-refractivity contribution in [3.63, 3.8) is 0 Å². The van der Waals surface area contributed by atoms with Crippen molar-refractivity contribution in [1.82, 2.24) is 4.90 Å². The van der Waals surface area contributed by atoms with E-state index in [1.165, 1.54) is 0 Å². The summed E-state index contributed by atoms with van der Waals surface area (Å²) >= 11 is 0. The molecule has 24 heavy (non-hydrogen) atoms. The molecule has 0 N–H and O–H groups in total. The molecular formula is C20H25NO3. The van der Waals surface area contributed by atoms with Crippen LogP contribution in [-0.2, 0) is 14.3 Å². The van der Waals surface area contributed by atoms with Gasteiger partial charge in [-0.2, -0.15) is 0 Å². The first kappa shape index (κ1) is 15.9. The molecule has 4 rings (SSSR count). The van der Waals surface area contributed by atoms with Gasteiger partial charge >= 0.3 is 0 Å². The molecule has 3 aliphatic rings. The standard InChI is InChI=1S/C20H25NO3/c1-20-12-15-10-6-7-11-16(15)19(22)21(20)17(13-23-2)18(24-20)14-8-4-3-5-9-14/h3-9,15-18H,10-13H2,1-2H3/t15-,16-,17-,18-,20+/m0/s1. The Morgan fingerprint density at radius 3 is 2.75 bits per heavy atom. The third-order valence-corrected chi connectivity index (χ3v) is 5.80. The van der Waals surface area contributed by atoms with E-state index in [1.54, 1.807) is 7.11 Å². The predicted molar refractivity (Wildman–Crippen MR) is 91.2 cm³/mol. The molecule has 1 aliphatic carbocycles. The third-order valence-electron chi connectivity index (χ3n) is 5.80. The van der Waals surface area contributed by atoms with E-state index < -0.39 is 5.72 Å². The molecule has 2 aliphatic heterocycles. The van der Waals surface area contributed by atoms with E-state index in [0.717, 1.165) is 24.8 Å². The molecule has 128 valence electrons. The molecule has 1 aromatic rings. The van der Waals surface area contributed by atoms with Crippen LogP contribution in [0.4, 0.5) is 0 Å². The number of rotatable bonds is 3. The minimum Gasteiger partial charge on any atom is -0.382 e. The number of allylic oxidation sites excluding steroid dienone is 2. The summed E-state index contributed by atoms with van der Waals surface area (Å²) in [5, 5.41) is 0. The number of carbonyl (C=O) groups is 1. The average molecular weight is 327 g/mol. The molecule has 0 radical (unpaired) electrons. The summed E-state index contributed by atoms with van der Waals surface area (Å²) in [5.74, 6) is 0.723. The van der Waals surface area contributed by atoms with E-state index in [1.807, 2.05) is 23.1 Å². The van der Waals surface area contributed by atoms with Crippen molar-refractivity contribution >= 4 is 5.91 Å². The summed E-state index contributed by atoms with van der Waals surface area (Å²) in [6.07, 6.45) is 6.97. The number of benzene rings is 1. The summed E-state index contributed by atoms with van der Waals surface area (Å²) in [6, 6.07) is 10.1. The van der Waals surface area contributed by atoms with Gasteiger partial charge in [0, 0.05) is 13.0 Å². The van der Waals surface area contributed by atoms with Crippen LogP contribution >= 0.6 is 0 Å². The van der Waals surface area contributed by atoms with Gasteiger partial charge in [0.1, 0.15) is 11.8 Å². The van der Waals surface area contributed by atoms with Crippen LogP contribution < -0.4 is 0 Å². The quantitative estimate of drug-likeness (QED) is 0.800. The maximum atomic E-state index is 13.3. The number of hydrogen-bond acceptors (Lipinski definition) is 3. The van der Waals surface area contributed by atoms with Crippen LogP contribution in [0.5, 0.6) is 0 Å². The van der Waals surface area contributed by atoms with E-state index in [4.69, 9.17) is 9.47 Å². The fourth-order valence-electron chi connectivity index (χ4n) is 4.77. The summed E-state index contributed by atoms with van der Waals surface area (Å²) in [5.41, 5.74) is 0.580. The number of amides is 1. The van der Waals surface area contributed by atoms with Gasteiger partial charge in [0.25, 0.3) is 0 Å². The summed E-state index contributed by atoms with van der Waals surface area (Å²) in [7, 11) is 1.69. The molecule has 0 bridgehead atoms. The lowest BCUT2D eigenvalue weighted by molar-refractivity contribution is -0.174. The van der Waals surface area contributed by atoms with Gasteiger partial charge in [0.15, 0.2) is 0 Å². The topological polar surface area (TPSA) is 38.8 Å². The predicted octanol–water partition coefficient (Wildman–Crippen LogP) is 3.30. The zero-order valence-corrected chi connectivity index (χ0v) is 14.4. The van der Waals surface area contributed by atoms with E-state index in [2.05, 4.69) is 31.2 Å². The minimum absolute atomic E-state index is 0.0678. The molecule has 2 fully saturated rings. The first-order valence-electron chi connectivity index (χ1n) is 8.84. The van der Waals surface area contributed by atoms with Crippen molar-refractivity contribution in [2.45, 2.75) is 44.1 Å². The van der Waals surface area contributed by atoms with Crippen molar-refractivity contribution in [1.29, 1.82) is 0 Å². The number of hydrogen-bond donors (Lipinski definition) is 0. The normalized spacial score (nSPS) is 38.1. The Balaban J connectivity index is 1.71. The highest BCUT2D eigenvalue weighted by Gasteiger charge is 2.58. The monoisotopic (exact) mass is 327 g/mol.